The number of carbonyl (C=O) groups excluding carboxylic acids is 1. The number of para-hydroxylation sites is 1. The Morgan fingerprint density at radius 1 is 0.931 bits per heavy atom. The number of carbonyl (C=O) groups is 1. The molecule has 0 bridgehead atoms. The molecule has 1 aliphatic heterocycles. The summed E-state index contributed by atoms with van der Waals surface area (Å²) in [4.78, 5) is 23.6. The molecule has 1 aliphatic rings. The lowest BCUT2D eigenvalue weighted by Crippen LogP contribution is -2.49. The average molecular weight is 390 g/mol. The first kappa shape index (κ1) is 19.1. The molecular formula is C22H26N6O. The van der Waals surface area contributed by atoms with Crippen molar-refractivity contribution in [3.05, 3.63) is 54.2 Å². The zero-order valence-electron chi connectivity index (χ0n) is 17.0. The molecule has 150 valence electrons. The summed E-state index contributed by atoms with van der Waals surface area (Å²) < 4.78 is 0. The van der Waals surface area contributed by atoms with Crippen LogP contribution in [-0.4, -0.2) is 65.3 Å². The minimum atomic E-state index is -0.0154. The van der Waals surface area contributed by atoms with E-state index in [2.05, 4.69) is 38.8 Å². The van der Waals surface area contributed by atoms with Gasteiger partial charge in [0.05, 0.1) is 5.52 Å². The molecule has 1 aromatic carbocycles. The highest BCUT2D eigenvalue weighted by Crippen LogP contribution is 2.18. The Morgan fingerprint density at radius 2 is 1.69 bits per heavy atom. The van der Waals surface area contributed by atoms with Crippen molar-refractivity contribution < 1.29 is 4.79 Å². The molecular weight excluding hydrogens is 364 g/mol. The molecule has 3 heterocycles. The predicted octanol–water partition coefficient (Wildman–Crippen LogP) is 2.83. The van der Waals surface area contributed by atoms with Crippen LogP contribution in [0.5, 0.6) is 0 Å². The van der Waals surface area contributed by atoms with Crippen molar-refractivity contribution >= 4 is 28.4 Å². The average Bonchev–Trinajstić information content (AvgIpc) is 2.80. The lowest BCUT2D eigenvalue weighted by Gasteiger charge is -2.35. The number of fused-ring (bicyclic) bond motifs is 1. The van der Waals surface area contributed by atoms with Gasteiger partial charge in [-0.3, -0.25) is 4.79 Å². The number of pyridine rings is 1. The van der Waals surface area contributed by atoms with Crippen molar-refractivity contribution in [2.75, 3.05) is 49.1 Å². The highest BCUT2D eigenvalue weighted by atomic mass is 16.2. The quantitative estimate of drug-likeness (QED) is 0.667. The van der Waals surface area contributed by atoms with Crippen molar-refractivity contribution in [3.63, 3.8) is 0 Å². The molecule has 0 atom stereocenters. The fourth-order valence-corrected chi connectivity index (χ4v) is 3.69. The number of anilines is 2. The van der Waals surface area contributed by atoms with Gasteiger partial charge in [-0.1, -0.05) is 24.3 Å². The maximum absolute atomic E-state index is 12.9. The molecule has 7 heteroatoms. The van der Waals surface area contributed by atoms with Crippen molar-refractivity contribution in [2.45, 2.75) is 13.8 Å². The Balaban J connectivity index is 1.40. The van der Waals surface area contributed by atoms with Gasteiger partial charge < -0.3 is 14.7 Å². The minimum Gasteiger partial charge on any atom is -0.356 e. The molecule has 3 aromatic rings. The van der Waals surface area contributed by atoms with Gasteiger partial charge in [-0.05, 0) is 38.1 Å². The fraction of sp³-hybridized carbons (Fsp3) is 0.364. The van der Waals surface area contributed by atoms with Gasteiger partial charge in [0, 0.05) is 44.7 Å². The zero-order chi connectivity index (χ0) is 20.2. The summed E-state index contributed by atoms with van der Waals surface area (Å²) in [5.41, 5.74) is 1.35. The first-order valence-electron chi connectivity index (χ1n) is 10.2. The van der Waals surface area contributed by atoms with E-state index in [1.165, 1.54) is 0 Å². The van der Waals surface area contributed by atoms with Crippen molar-refractivity contribution in [3.8, 4) is 0 Å². The number of benzene rings is 1. The molecule has 1 amide bonds. The van der Waals surface area contributed by atoms with E-state index >= 15 is 0 Å². The van der Waals surface area contributed by atoms with Crippen molar-refractivity contribution in [1.82, 2.24) is 20.1 Å². The van der Waals surface area contributed by atoms with Gasteiger partial charge >= 0.3 is 0 Å². The molecule has 29 heavy (non-hydrogen) atoms. The Hall–Kier alpha value is -3.22. The summed E-state index contributed by atoms with van der Waals surface area (Å²) >= 11 is 0. The van der Waals surface area contributed by atoms with E-state index in [1.54, 1.807) is 0 Å². The highest BCUT2D eigenvalue weighted by molar-refractivity contribution is 5.95. The minimum absolute atomic E-state index is 0.0154. The molecule has 0 N–H and O–H groups in total. The number of hydrogen-bond acceptors (Lipinski definition) is 6. The Bertz CT molecular complexity index is 978. The molecule has 0 aliphatic carbocycles. The summed E-state index contributed by atoms with van der Waals surface area (Å²) in [6.45, 7) is 8.80. The van der Waals surface area contributed by atoms with Gasteiger partial charge in [-0.15, -0.1) is 10.2 Å². The molecule has 0 saturated carbocycles. The summed E-state index contributed by atoms with van der Waals surface area (Å²) in [6.07, 6.45) is 0. The van der Waals surface area contributed by atoms with Gasteiger partial charge in [0.25, 0.3) is 5.91 Å². The second-order valence-electron chi connectivity index (χ2n) is 7.09. The number of aromatic nitrogens is 3. The summed E-state index contributed by atoms with van der Waals surface area (Å²) in [5.74, 6) is 1.74. The Morgan fingerprint density at radius 3 is 2.38 bits per heavy atom. The molecule has 2 aromatic heterocycles. The van der Waals surface area contributed by atoms with Crippen LogP contribution in [0, 0.1) is 0 Å². The molecule has 1 fully saturated rings. The van der Waals surface area contributed by atoms with E-state index in [0.717, 1.165) is 48.7 Å². The molecule has 7 nitrogen and oxygen atoms in total. The van der Waals surface area contributed by atoms with Crippen LogP contribution < -0.4 is 9.80 Å². The van der Waals surface area contributed by atoms with E-state index in [4.69, 9.17) is 0 Å². The van der Waals surface area contributed by atoms with Crippen molar-refractivity contribution in [1.29, 1.82) is 0 Å². The summed E-state index contributed by atoms with van der Waals surface area (Å²) in [5, 5.41) is 9.81. The molecule has 1 saturated heterocycles. The molecule has 0 radical (unpaired) electrons. The van der Waals surface area contributed by atoms with Crippen LogP contribution >= 0.6 is 0 Å². The van der Waals surface area contributed by atoms with Crippen LogP contribution in [-0.2, 0) is 0 Å². The number of amides is 1. The van der Waals surface area contributed by atoms with Gasteiger partial charge in [-0.25, -0.2) is 4.98 Å². The highest BCUT2D eigenvalue weighted by Gasteiger charge is 2.24. The standard InChI is InChI=1S/C22H26N6O/c1-3-26(4-2)20-11-12-21(25-24-20)27-13-15-28(16-14-27)22(29)19-10-9-17-7-5-6-8-18(17)23-19/h5-12H,3-4,13-16H2,1-2H3. The topological polar surface area (TPSA) is 65.5 Å². The Labute approximate surface area is 171 Å². The normalized spacial score (nSPS) is 14.3. The van der Waals surface area contributed by atoms with Gasteiger partial charge in [0.1, 0.15) is 5.69 Å². The van der Waals surface area contributed by atoms with Crippen LogP contribution in [0.25, 0.3) is 10.9 Å². The monoisotopic (exact) mass is 390 g/mol. The van der Waals surface area contributed by atoms with Gasteiger partial charge in [0.2, 0.25) is 0 Å². The van der Waals surface area contributed by atoms with E-state index in [0.29, 0.717) is 18.8 Å². The van der Waals surface area contributed by atoms with Crippen LogP contribution in [0.4, 0.5) is 11.6 Å². The second kappa shape index (κ2) is 8.43. The van der Waals surface area contributed by atoms with Crippen molar-refractivity contribution in [2.24, 2.45) is 0 Å². The summed E-state index contributed by atoms with van der Waals surface area (Å²) in [6, 6.07) is 15.7. The predicted molar refractivity (Wildman–Crippen MR) is 115 cm³/mol. The van der Waals surface area contributed by atoms with Crippen LogP contribution in [0.3, 0.4) is 0 Å². The molecule has 0 unspecified atom stereocenters. The maximum Gasteiger partial charge on any atom is 0.272 e. The molecule has 0 spiro atoms. The second-order valence-corrected chi connectivity index (χ2v) is 7.09. The van der Waals surface area contributed by atoms with E-state index in [-0.39, 0.29) is 5.91 Å². The van der Waals surface area contributed by atoms with Crippen LogP contribution in [0.1, 0.15) is 24.3 Å². The first-order chi connectivity index (χ1) is 14.2. The Kier molecular flexibility index (Phi) is 5.55. The first-order valence-corrected chi connectivity index (χ1v) is 10.2. The number of nitrogens with zero attached hydrogens (tertiary/aromatic N) is 6. The fourth-order valence-electron chi connectivity index (χ4n) is 3.69. The lowest BCUT2D eigenvalue weighted by molar-refractivity contribution is 0.0741. The van der Waals surface area contributed by atoms with E-state index in [9.17, 15) is 4.79 Å². The van der Waals surface area contributed by atoms with E-state index < -0.39 is 0 Å². The number of piperazine rings is 1. The lowest BCUT2D eigenvalue weighted by atomic mass is 10.2. The molecule has 4 rings (SSSR count). The van der Waals surface area contributed by atoms with Gasteiger partial charge in [-0.2, -0.15) is 0 Å². The smallest absolute Gasteiger partial charge is 0.272 e. The number of rotatable bonds is 5. The van der Waals surface area contributed by atoms with Crippen LogP contribution in [0.15, 0.2) is 48.5 Å². The van der Waals surface area contributed by atoms with E-state index in [1.807, 2.05) is 53.4 Å². The third-order valence-corrected chi connectivity index (χ3v) is 5.43. The largest absolute Gasteiger partial charge is 0.356 e. The third-order valence-electron chi connectivity index (χ3n) is 5.43. The van der Waals surface area contributed by atoms with Gasteiger partial charge in [0.15, 0.2) is 11.6 Å². The maximum atomic E-state index is 12.9. The zero-order valence-corrected chi connectivity index (χ0v) is 17.0. The number of hydrogen-bond donors (Lipinski definition) is 0. The SMILES string of the molecule is CCN(CC)c1ccc(N2CCN(C(=O)c3ccc4ccccc4n3)CC2)nn1. The van der Waals surface area contributed by atoms with Crippen LogP contribution in [0.2, 0.25) is 0 Å². The summed E-state index contributed by atoms with van der Waals surface area (Å²) in [7, 11) is 0. The third kappa shape index (κ3) is 3.99.